The lowest BCUT2D eigenvalue weighted by atomic mass is 10.2. The zero-order valence-electron chi connectivity index (χ0n) is 14.1. The SMILES string of the molecule is Cc1c(C(=O)OCC(C)C)sc2nc(-c3ccc(Cl)cc3)[nH]c(=O)c12. The average Bonchev–Trinajstić information content (AvgIpc) is 2.90. The topological polar surface area (TPSA) is 72.0 Å². The predicted molar refractivity (Wildman–Crippen MR) is 101 cm³/mol. The number of ether oxygens (including phenoxy) is 1. The molecule has 0 aliphatic rings. The molecule has 2 heterocycles. The van der Waals surface area contributed by atoms with E-state index in [2.05, 4.69) is 9.97 Å². The number of halogens is 1. The molecule has 1 N–H and O–H groups in total. The zero-order chi connectivity index (χ0) is 18.1. The highest BCUT2D eigenvalue weighted by Crippen LogP contribution is 2.29. The summed E-state index contributed by atoms with van der Waals surface area (Å²) >= 11 is 7.07. The number of rotatable bonds is 4. The van der Waals surface area contributed by atoms with Crippen molar-refractivity contribution in [3.8, 4) is 11.4 Å². The quantitative estimate of drug-likeness (QED) is 0.684. The minimum Gasteiger partial charge on any atom is -0.461 e. The fourth-order valence-corrected chi connectivity index (χ4v) is 3.59. The number of hydrogen-bond acceptors (Lipinski definition) is 5. The molecule has 130 valence electrons. The van der Waals surface area contributed by atoms with Crippen LogP contribution in [0.25, 0.3) is 21.6 Å². The molecule has 0 spiro atoms. The molecule has 0 unspecified atom stereocenters. The number of aryl methyl sites for hydroxylation is 1. The summed E-state index contributed by atoms with van der Waals surface area (Å²) in [5.74, 6) is 0.274. The number of benzene rings is 1. The van der Waals surface area contributed by atoms with Gasteiger partial charge in [0.2, 0.25) is 0 Å². The van der Waals surface area contributed by atoms with Gasteiger partial charge in [-0.1, -0.05) is 25.4 Å². The van der Waals surface area contributed by atoms with Gasteiger partial charge in [-0.25, -0.2) is 9.78 Å². The van der Waals surface area contributed by atoms with Crippen LogP contribution in [0.5, 0.6) is 0 Å². The number of esters is 1. The van der Waals surface area contributed by atoms with Gasteiger partial charge < -0.3 is 9.72 Å². The van der Waals surface area contributed by atoms with Crippen LogP contribution in [0, 0.1) is 12.8 Å². The van der Waals surface area contributed by atoms with Gasteiger partial charge in [-0.15, -0.1) is 11.3 Å². The molecule has 3 rings (SSSR count). The largest absolute Gasteiger partial charge is 0.461 e. The Labute approximate surface area is 153 Å². The van der Waals surface area contributed by atoms with Crippen LogP contribution in [-0.4, -0.2) is 22.5 Å². The number of carbonyl (C=O) groups excluding carboxylic acids is 1. The Balaban J connectivity index is 2.05. The normalized spacial score (nSPS) is 11.2. The van der Waals surface area contributed by atoms with E-state index in [1.54, 1.807) is 31.2 Å². The third-order valence-electron chi connectivity index (χ3n) is 3.65. The lowest BCUT2D eigenvalue weighted by Crippen LogP contribution is -2.11. The Hall–Kier alpha value is -2.18. The van der Waals surface area contributed by atoms with Crippen molar-refractivity contribution < 1.29 is 9.53 Å². The minimum absolute atomic E-state index is 0.247. The second-order valence-electron chi connectivity index (χ2n) is 6.15. The number of thiophene rings is 1. The fourth-order valence-electron chi connectivity index (χ4n) is 2.39. The number of aromatic nitrogens is 2. The van der Waals surface area contributed by atoms with E-state index in [-0.39, 0.29) is 11.5 Å². The number of H-pyrrole nitrogens is 1. The summed E-state index contributed by atoms with van der Waals surface area (Å²) in [5.41, 5.74) is 1.08. The van der Waals surface area contributed by atoms with Crippen LogP contribution in [0.15, 0.2) is 29.1 Å². The van der Waals surface area contributed by atoms with E-state index in [1.165, 1.54) is 11.3 Å². The van der Waals surface area contributed by atoms with Crippen molar-refractivity contribution in [3.05, 3.63) is 50.1 Å². The molecule has 0 bridgehead atoms. The van der Waals surface area contributed by atoms with Crippen LogP contribution < -0.4 is 5.56 Å². The smallest absolute Gasteiger partial charge is 0.348 e. The van der Waals surface area contributed by atoms with Gasteiger partial charge in [0.05, 0.1) is 12.0 Å². The van der Waals surface area contributed by atoms with Gasteiger partial charge in [-0.3, -0.25) is 4.79 Å². The van der Waals surface area contributed by atoms with Crippen molar-refractivity contribution in [3.63, 3.8) is 0 Å². The summed E-state index contributed by atoms with van der Waals surface area (Å²) in [6.45, 7) is 6.02. The molecule has 0 saturated carbocycles. The lowest BCUT2D eigenvalue weighted by molar-refractivity contribution is 0.0464. The maximum Gasteiger partial charge on any atom is 0.348 e. The first-order valence-corrected chi connectivity index (χ1v) is 9.02. The zero-order valence-corrected chi connectivity index (χ0v) is 15.6. The third kappa shape index (κ3) is 3.60. The monoisotopic (exact) mass is 376 g/mol. The van der Waals surface area contributed by atoms with Crippen molar-refractivity contribution in [2.24, 2.45) is 5.92 Å². The van der Waals surface area contributed by atoms with Gasteiger partial charge in [-0.05, 0) is 42.7 Å². The molecule has 3 aromatic rings. The number of fused-ring (bicyclic) bond motifs is 1. The molecule has 0 radical (unpaired) electrons. The molecule has 0 amide bonds. The van der Waals surface area contributed by atoms with E-state index in [0.29, 0.717) is 38.1 Å². The molecule has 0 fully saturated rings. The minimum atomic E-state index is -0.415. The molecule has 0 aliphatic heterocycles. The first-order valence-electron chi connectivity index (χ1n) is 7.83. The predicted octanol–water partition coefficient (Wildman–Crippen LogP) is 4.43. The van der Waals surface area contributed by atoms with Crippen molar-refractivity contribution in [1.29, 1.82) is 0 Å². The average molecular weight is 377 g/mol. The van der Waals surface area contributed by atoms with E-state index in [4.69, 9.17) is 16.3 Å². The number of nitrogens with zero attached hydrogens (tertiary/aromatic N) is 1. The molecule has 0 saturated heterocycles. The maximum atomic E-state index is 12.5. The van der Waals surface area contributed by atoms with E-state index in [9.17, 15) is 9.59 Å². The van der Waals surface area contributed by atoms with Crippen LogP contribution in [0.2, 0.25) is 5.02 Å². The molecule has 1 aromatic carbocycles. The summed E-state index contributed by atoms with van der Waals surface area (Å²) in [4.78, 5) is 33.0. The lowest BCUT2D eigenvalue weighted by Gasteiger charge is -2.05. The van der Waals surface area contributed by atoms with Gasteiger partial charge >= 0.3 is 5.97 Å². The summed E-state index contributed by atoms with van der Waals surface area (Å²) in [6, 6.07) is 7.03. The highest BCUT2D eigenvalue weighted by atomic mass is 35.5. The first kappa shape index (κ1) is 17.6. The molecule has 7 heteroatoms. The summed E-state index contributed by atoms with van der Waals surface area (Å²) in [6.07, 6.45) is 0. The van der Waals surface area contributed by atoms with E-state index in [0.717, 1.165) is 5.56 Å². The van der Waals surface area contributed by atoms with Crippen molar-refractivity contribution in [2.75, 3.05) is 6.61 Å². The van der Waals surface area contributed by atoms with Crippen molar-refractivity contribution >= 4 is 39.1 Å². The van der Waals surface area contributed by atoms with Crippen LogP contribution in [0.1, 0.15) is 29.1 Å². The van der Waals surface area contributed by atoms with E-state index in [1.807, 2.05) is 13.8 Å². The Kier molecular flexibility index (Phi) is 4.92. The second-order valence-corrected chi connectivity index (χ2v) is 7.59. The number of carbonyl (C=O) groups is 1. The van der Waals surface area contributed by atoms with Crippen LogP contribution in [-0.2, 0) is 4.74 Å². The van der Waals surface area contributed by atoms with Crippen LogP contribution in [0.4, 0.5) is 0 Å². The first-order chi connectivity index (χ1) is 11.9. The Bertz CT molecular complexity index is 990. The molecule has 0 aliphatic carbocycles. The second kappa shape index (κ2) is 6.98. The highest BCUT2D eigenvalue weighted by molar-refractivity contribution is 7.20. The molecule has 25 heavy (non-hydrogen) atoms. The molecular formula is C18H17ClN2O3S. The summed E-state index contributed by atoms with van der Waals surface area (Å²) in [7, 11) is 0. The number of hydrogen-bond donors (Lipinski definition) is 1. The fraction of sp³-hybridized carbons (Fsp3) is 0.278. The standard InChI is InChI=1S/C18H17ClN2O3S/c1-9(2)8-24-18(23)14-10(3)13-16(22)20-15(21-17(13)25-14)11-4-6-12(19)7-5-11/h4-7,9H,8H2,1-3H3,(H,20,21,22). The molecular weight excluding hydrogens is 360 g/mol. The molecule has 2 aromatic heterocycles. The summed E-state index contributed by atoms with van der Waals surface area (Å²) in [5, 5.41) is 1.04. The van der Waals surface area contributed by atoms with Gasteiger partial charge in [0, 0.05) is 10.6 Å². The highest BCUT2D eigenvalue weighted by Gasteiger charge is 2.21. The third-order valence-corrected chi connectivity index (χ3v) is 5.07. The van der Waals surface area contributed by atoms with Gasteiger partial charge in [0.15, 0.2) is 0 Å². The van der Waals surface area contributed by atoms with Crippen LogP contribution in [0.3, 0.4) is 0 Å². The maximum absolute atomic E-state index is 12.5. The Morgan fingerprint density at radius 3 is 2.64 bits per heavy atom. The van der Waals surface area contributed by atoms with Gasteiger partial charge in [0.25, 0.3) is 5.56 Å². The van der Waals surface area contributed by atoms with Gasteiger partial charge in [0.1, 0.15) is 15.5 Å². The Morgan fingerprint density at radius 1 is 1.32 bits per heavy atom. The molecule has 5 nitrogen and oxygen atoms in total. The number of aromatic amines is 1. The van der Waals surface area contributed by atoms with E-state index < -0.39 is 5.97 Å². The van der Waals surface area contributed by atoms with Gasteiger partial charge in [-0.2, -0.15) is 0 Å². The van der Waals surface area contributed by atoms with E-state index >= 15 is 0 Å². The van der Waals surface area contributed by atoms with Crippen molar-refractivity contribution in [2.45, 2.75) is 20.8 Å². The molecule has 0 atom stereocenters. The Morgan fingerprint density at radius 2 is 2.00 bits per heavy atom. The van der Waals surface area contributed by atoms with Crippen molar-refractivity contribution in [1.82, 2.24) is 9.97 Å². The number of nitrogens with one attached hydrogen (secondary N) is 1. The van der Waals surface area contributed by atoms with Crippen LogP contribution >= 0.6 is 22.9 Å². The summed E-state index contributed by atoms with van der Waals surface area (Å²) < 4.78 is 5.28.